The first kappa shape index (κ1) is 21.9. The summed E-state index contributed by atoms with van der Waals surface area (Å²) < 4.78 is 5.43. The maximum absolute atomic E-state index is 12.9. The number of anilines is 1. The average Bonchev–Trinajstić information content (AvgIpc) is 3.48. The van der Waals surface area contributed by atoms with Gasteiger partial charge in [-0.3, -0.25) is 4.79 Å². The number of likely N-dealkylation sites (tertiary alicyclic amines) is 1. The van der Waals surface area contributed by atoms with Gasteiger partial charge in [0.25, 0.3) is 5.91 Å². The normalized spacial score (nSPS) is 14.8. The van der Waals surface area contributed by atoms with E-state index in [-0.39, 0.29) is 11.9 Å². The number of H-pyrrole nitrogens is 1. The molecule has 8 nitrogen and oxygen atoms in total. The molecular formula is C23H22Cl2N6O2. The largest absolute Gasteiger partial charge is 0.382 e. The number of fused-ring (bicyclic) bond motifs is 2. The summed E-state index contributed by atoms with van der Waals surface area (Å²) in [5.74, 6) is 1.20. The number of nitrogens with one attached hydrogen (secondary N) is 2. The third kappa shape index (κ3) is 4.34. The molecule has 1 aliphatic rings. The van der Waals surface area contributed by atoms with Gasteiger partial charge in [-0.1, -0.05) is 23.2 Å². The molecule has 0 saturated carbocycles. The second-order valence-electron chi connectivity index (χ2n) is 8.01. The van der Waals surface area contributed by atoms with Crippen LogP contribution < -0.4 is 5.32 Å². The summed E-state index contributed by atoms with van der Waals surface area (Å²) in [5.41, 5.74) is 2.73. The fourth-order valence-electron chi connectivity index (χ4n) is 4.13. The van der Waals surface area contributed by atoms with E-state index < -0.39 is 0 Å². The molecule has 10 heteroatoms. The fraction of sp³-hybridized carbons (Fsp3) is 0.304. The number of imidazole rings is 1. The highest BCUT2D eigenvalue weighted by atomic mass is 35.5. The Labute approximate surface area is 200 Å². The molecule has 33 heavy (non-hydrogen) atoms. The number of aromatic amines is 1. The Morgan fingerprint density at radius 3 is 2.79 bits per heavy atom. The van der Waals surface area contributed by atoms with Crippen LogP contribution in [0.15, 0.2) is 36.7 Å². The third-order valence-electron chi connectivity index (χ3n) is 5.78. The lowest BCUT2D eigenvalue weighted by molar-refractivity contribution is 0.0793. The molecule has 0 radical (unpaired) electrons. The van der Waals surface area contributed by atoms with Crippen molar-refractivity contribution >= 4 is 56.9 Å². The van der Waals surface area contributed by atoms with Crippen LogP contribution in [0.25, 0.3) is 21.9 Å². The lowest BCUT2D eigenvalue weighted by Gasteiger charge is -2.19. The lowest BCUT2D eigenvalue weighted by atomic mass is 10.1. The Balaban J connectivity index is 1.49. The van der Waals surface area contributed by atoms with Crippen molar-refractivity contribution in [2.24, 2.45) is 0 Å². The Kier molecular flexibility index (Phi) is 6.05. The summed E-state index contributed by atoms with van der Waals surface area (Å²) in [7, 11) is 1.62. The molecule has 1 fully saturated rings. The summed E-state index contributed by atoms with van der Waals surface area (Å²) in [5, 5.41) is 5.10. The SMILES string of the molecule is COC[C@H](Nc1ncnc2cc(C(=O)N3CCCC3)c(Cl)cc12)c1nc2ccc(Cl)cc2[nH]1. The van der Waals surface area contributed by atoms with Gasteiger partial charge in [0.2, 0.25) is 0 Å². The van der Waals surface area contributed by atoms with Gasteiger partial charge in [-0.2, -0.15) is 0 Å². The van der Waals surface area contributed by atoms with Crippen LogP contribution in [0.4, 0.5) is 5.82 Å². The highest BCUT2D eigenvalue weighted by Crippen LogP contribution is 2.30. The minimum Gasteiger partial charge on any atom is -0.382 e. The van der Waals surface area contributed by atoms with Gasteiger partial charge in [-0.15, -0.1) is 0 Å². The Bertz CT molecular complexity index is 1340. The summed E-state index contributed by atoms with van der Waals surface area (Å²) in [6.07, 6.45) is 3.50. The number of nitrogens with zero attached hydrogens (tertiary/aromatic N) is 4. The minimum absolute atomic E-state index is 0.0642. The van der Waals surface area contributed by atoms with E-state index >= 15 is 0 Å². The minimum atomic E-state index is -0.316. The molecule has 0 bridgehead atoms. The van der Waals surface area contributed by atoms with Gasteiger partial charge in [0.15, 0.2) is 0 Å². The number of benzene rings is 2. The van der Waals surface area contributed by atoms with Crippen LogP contribution in [-0.4, -0.2) is 57.5 Å². The van der Waals surface area contributed by atoms with E-state index in [9.17, 15) is 4.79 Å². The van der Waals surface area contributed by atoms with E-state index in [1.165, 1.54) is 6.33 Å². The maximum atomic E-state index is 12.9. The van der Waals surface area contributed by atoms with Gasteiger partial charge >= 0.3 is 0 Å². The molecule has 1 atom stereocenters. The Hall–Kier alpha value is -2.94. The molecule has 1 saturated heterocycles. The molecule has 0 aliphatic carbocycles. The van der Waals surface area contributed by atoms with Gasteiger partial charge in [0, 0.05) is 30.6 Å². The van der Waals surface area contributed by atoms with Crippen molar-refractivity contribution in [2.45, 2.75) is 18.9 Å². The van der Waals surface area contributed by atoms with Crippen molar-refractivity contribution in [1.29, 1.82) is 0 Å². The molecule has 0 spiro atoms. The van der Waals surface area contributed by atoms with Crippen molar-refractivity contribution in [3.63, 3.8) is 0 Å². The predicted octanol–water partition coefficient (Wildman–Crippen LogP) is 4.85. The van der Waals surface area contributed by atoms with Crippen LogP contribution in [0, 0.1) is 0 Å². The smallest absolute Gasteiger partial charge is 0.255 e. The number of hydrogen-bond acceptors (Lipinski definition) is 6. The number of carbonyl (C=O) groups is 1. The first-order chi connectivity index (χ1) is 16.0. The standard InChI is InChI=1S/C23H22Cl2N6O2/c1-33-11-20(22-28-17-5-4-13(24)8-19(17)29-22)30-21-15-9-16(25)14(10-18(15)26-12-27-21)23(32)31-6-2-3-7-31/h4-5,8-10,12,20H,2-3,6-7,11H2,1H3,(H,28,29)(H,26,27,30)/t20-/m0/s1. The van der Waals surface area contributed by atoms with Crippen LogP contribution in [0.3, 0.4) is 0 Å². The summed E-state index contributed by atoms with van der Waals surface area (Å²) >= 11 is 12.7. The maximum Gasteiger partial charge on any atom is 0.255 e. The van der Waals surface area contributed by atoms with Crippen molar-refractivity contribution in [3.8, 4) is 0 Å². The number of aromatic nitrogens is 4. The Morgan fingerprint density at radius 1 is 1.18 bits per heavy atom. The van der Waals surface area contributed by atoms with E-state index in [0.29, 0.717) is 44.8 Å². The van der Waals surface area contributed by atoms with E-state index in [2.05, 4.69) is 25.3 Å². The van der Waals surface area contributed by atoms with Crippen molar-refractivity contribution in [2.75, 3.05) is 32.1 Å². The summed E-state index contributed by atoms with van der Waals surface area (Å²) in [6.45, 7) is 1.86. The lowest BCUT2D eigenvalue weighted by Crippen LogP contribution is -2.27. The molecule has 170 valence electrons. The van der Waals surface area contributed by atoms with Crippen LogP contribution in [-0.2, 0) is 4.74 Å². The number of amides is 1. The summed E-state index contributed by atoms with van der Waals surface area (Å²) in [6, 6.07) is 8.65. The number of ether oxygens (including phenoxy) is 1. The van der Waals surface area contributed by atoms with Crippen LogP contribution >= 0.6 is 23.2 Å². The van der Waals surface area contributed by atoms with E-state index in [1.807, 2.05) is 17.0 Å². The highest BCUT2D eigenvalue weighted by Gasteiger charge is 2.23. The molecule has 2 aromatic carbocycles. The quantitative estimate of drug-likeness (QED) is 0.406. The second kappa shape index (κ2) is 9.13. The summed E-state index contributed by atoms with van der Waals surface area (Å²) in [4.78, 5) is 31.5. The van der Waals surface area contributed by atoms with E-state index in [1.54, 1.807) is 25.3 Å². The van der Waals surface area contributed by atoms with Gasteiger partial charge in [-0.05, 0) is 43.2 Å². The zero-order valence-corrected chi connectivity index (χ0v) is 19.5. The molecular weight excluding hydrogens is 463 g/mol. The topological polar surface area (TPSA) is 96.0 Å². The molecule has 5 rings (SSSR count). The molecule has 4 aromatic rings. The highest BCUT2D eigenvalue weighted by molar-refractivity contribution is 6.35. The van der Waals surface area contributed by atoms with Gasteiger partial charge in [0.1, 0.15) is 24.0 Å². The third-order valence-corrected chi connectivity index (χ3v) is 6.33. The zero-order valence-electron chi connectivity index (χ0n) is 17.9. The van der Waals surface area contributed by atoms with E-state index in [0.717, 1.165) is 37.0 Å². The molecule has 2 N–H and O–H groups in total. The number of methoxy groups -OCH3 is 1. The van der Waals surface area contributed by atoms with Crippen LogP contribution in [0.5, 0.6) is 0 Å². The molecule has 3 heterocycles. The molecule has 1 aliphatic heterocycles. The van der Waals surface area contributed by atoms with Gasteiger partial charge in [-0.25, -0.2) is 15.0 Å². The number of halogens is 2. The van der Waals surface area contributed by atoms with Gasteiger partial charge in [0.05, 0.1) is 33.7 Å². The number of hydrogen-bond donors (Lipinski definition) is 2. The molecule has 1 amide bonds. The molecule has 0 unspecified atom stereocenters. The first-order valence-electron chi connectivity index (χ1n) is 10.7. The monoisotopic (exact) mass is 484 g/mol. The van der Waals surface area contributed by atoms with Crippen molar-refractivity contribution in [3.05, 3.63) is 58.1 Å². The van der Waals surface area contributed by atoms with E-state index in [4.69, 9.17) is 27.9 Å². The predicted molar refractivity (Wildman–Crippen MR) is 129 cm³/mol. The van der Waals surface area contributed by atoms with Crippen molar-refractivity contribution in [1.82, 2.24) is 24.8 Å². The molecule has 2 aromatic heterocycles. The second-order valence-corrected chi connectivity index (χ2v) is 8.85. The van der Waals surface area contributed by atoms with Crippen molar-refractivity contribution < 1.29 is 9.53 Å². The Morgan fingerprint density at radius 2 is 2.00 bits per heavy atom. The fourth-order valence-corrected chi connectivity index (χ4v) is 4.55. The zero-order chi connectivity index (χ0) is 22.9. The first-order valence-corrected chi connectivity index (χ1v) is 11.4. The van der Waals surface area contributed by atoms with Crippen LogP contribution in [0.2, 0.25) is 10.0 Å². The van der Waals surface area contributed by atoms with Crippen LogP contribution in [0.1, 0.15) is 35.1 Å². The average molecular weight is 485 g/mol. The number of rotatable bonds is 6. The number of carbonyl (C=O) groups excluding carboxylic acids is 1. The van der Waals surface area contributed by atoms with Gasteiger partial charge < -0.3 is 19.9 Å².